The maximum Gasteiger partial charge on any atom is 0.307 e. The zero-order valence-corrected chi connectivity index (χ0v) is 12.5. The normalized spacial score (nSPS) is 10.9. The first-order chi connectivity index (χ1) is 10.6. The minimum atomic E-state index is -0.936. The number of pyridine rings is 1. The smallest absolute Gasteiger partial charge is 0.307 e. The van der Waals surface area contributed by atoms with Gasteiger partial charge in [0.1, 0.15) is 0 Å². The first kappa shape index (κ1) is 16.2. The Morgan fingerprint density at radius 2 is 1.82 bits per heavy atom. The molecule has 2 aromatic rings. The van der Waals surface area contributed by atoms with Crippen LogP contribution in [0.3, 0.4) is 0 Å². The van der Waals surface area contributed by atoms with E-state index in [1.54, 1.807) is 6.92 Å². The van der Waals surface area contributed by atoms with E-state index in [0.29, 0.717) is 24.3 Å². The van der Waals surface area contributed by atoms with Gasteiger partial charge in [0.05, 0.1) is 30.8 Å². The Bertz CT molecular complexity index is 666. The van der Waals surface area contributed by atoms with Crippen molar-refractivity contribution in [2.75, 3.05) is 31.2 Å². The first-order valence-electron chi connectivity index (χ1n) is 7.15. The summed E-state index contributed by atoms with van der Waals surface area (Å²) in [6, 6.07) is 7.48. The second-order valence-electron chi connectivity index (χ2n) is 5.05. The number of aryl methyl sites for hydroxylation is 1. The van der Waals surface area contributed by atoms with Crippen LogP contribution in [0.25, 0.3) is 10.9 Å². The molecule has 118 valence electrons. The second kappa shape index (κ2) is 7.20. The van der Waals surface area contributed by atoms with Gasteiger partial charge in [-0.05, 0) is 13.0 Å². The Kier molecular flexibility index (Phi) is 5.30. The zero-order chi connectivity index (χ0) is 16.1. The van der Waals surface area contributed by atoms with E-state index < -0.39 is 5.97 Å². The second-order valence-corrected chi connectivity index (χ2v) is 5.05. The van der Waals surface area contributed by atoms with Crippen molar-refractivity contribution in [3.05, 3.63) is 35.5 Å². The molecule has 0 unspecified atom stereocenters. The van der Waals surface area contributed by atoms with Crippen LogP contribution < -0.4 is 4.90 Å². The van der Waals surface area contributed by atoms with E-state index in [0.717, 1.165) is 16.6 Å². The lowest BCUT2D eigenvalue weighted by Crippen LogP contribution is -2.31. The number of carboxylic acid groups (broad SMARTS) is 1. The molecule has 0 bridgehead atoms. The van der Waals surface area contributed by atoms with Crippen LogP contribution in [-0.4, -0.2) is 52.6 Å². The fourth-order valence-corrected chi connectivity index (χ4v) is 2.65. The van der Waals surface area contributed by atoms with Gasteiger partial charge in [-0.15, -0.1) is 0 Å². The van der Waals surface area contributed by atoms with E-state index in [4.69, 9.17) is 0 Å². The summed E-state index contributed by atoms with van der Waals surface area (Å²) in [5.74, 6) is -0.936. The minimum absolute atomic E-state index is 0.0811. The monoisotopic (exact) mass is 304 g/mol. The number of anilines is 1. The number of aliphatic hydroxyl groups excluding tert-OH is 2. The van der Waals surface area contributed by atoms with Crippen LogP contribution in [0.1, 0.15) is 11.3 Å². The molecule has 0 radical (unpaired) electrons. The fraction of sp³-hybridized carbons (Fsp3) is 0.375. The number of carboxylic acids is 1. The molecule has 3 N–H and O–H groups in total. The Hall–Kier alpha value is -2.18. The number of aliphatic hydroxyl groups is 2. The fourth-order valence-electron chi connectivity index (χ4n) is 2.65. The number of hydrogen-bond donors (Lipinski definition) is 3. The molecule has 0 saturated heterocycles. The van der Waals surface area contributed by atoms with Crippen molar-refractivity contribution in [3.63, 3.8) is 0 Å². The van der Waals surface area contributed by atoms with E-state index in [1.165, 1.54) is 0 Å². The summed E-state index contributed by atoms with van der Waals surface area (Å²) in [5.41, 5.74) is 2.77. The SMILES string of the molecule is Cc1nc2ccccc2c(N(CCO)CCO)c1CC(=O)O. The van der Waals surface area contributed by atoms with Gasteiger partial charge >= 0.3 is 5.97 Å². The van der Waals surface area contributed by atoms with Gasteiger partial charge in [-0.25, -0.2) is 0 Å². The van der Waals surface area contributed by atoms with Crippen LogP contribution in [0.15, 0.2) is 24.3 Å². The topological polar surface area (TPSA) is 93.9 Å². The van der Waals surface area contributed by atoms with Crippen molar-refractivity contribution < 1.29 is 20.1 Å². The van der Waals surface area contributed by atoms with Crippen molar-refractivity contribution in [1.82, 2.24) is 4.98 Å². The summed E-state index contributed by atoms with van der Waals surface area (Å²) in [5, 5.41) is 28.6. The summed E-state index contributed by atoms with van der Waals surface area (Å²) in [6.07, 6.45) is -0.146. The molecular weight excluding hydrogens is 284 g/mol. The third-order valence-corrected chi connectivity index (χ3v) is 3.55. The van der Waals surface area contributed by atoms with E-state index in [-0.39, 0.29) is 19.6 Å². The number of para-hydroxylation sites is 1. The highest BCUT2D eigenvalue weighted by Gasteiger charge is 2.19. The van der Waals surface area contributed by atoms with E-state index >= 15 is 0 Å². The van der Waals surface area contributed by atoms with Gasteiger partial charge in [0.2, 0.25) is 0 Å². The molecule has 0 atom stereocenters. The van der Waals surface area contributed by atoms with Gasteiger partial charge in [0.15, 0.2) is 0 Å². The number of rotatable bonds is 7. The van der Waals surface area contributed by atoms with Crippen LogP contribution in [0.4, 0.5) is 5.69 Å². The number of benzene rings is 1. The molecule has 0 spiro atoms. The average Bonchev–Trinajstić information content (AvgIpc) is 2.47. The van der Waals surface area contributed by atoms with Crippen LogP contribution >= 0.6 is 0 Å². The molecule has 6 nitrogen and oxygen atoms in total. The Balaban J connectivity index is 2.70. The van der Waals surface area contributed by atoms with Crippen molar-refractivity contribution in [1.29, 1.82) is 0 Å². The summed E-state index contributed by atoms with van der Waals surface area (Å²) in [7, 11) is 0. The van der Waals surface area contributed by atoms with Gasteiger partial charge in [-0.1, -0.05) is 18.2 Å². The summed E-state index contributed by atoms with van der Waals surface area (Å²) >= 11 is 0. The van der Waals surface area contributed by atoms with Crippen LogP contribution in [0.2, 0.25) is 0 Å². The molecule has 1 aromatic carbocycles. The molecule has 22 heavy (non-hydrogen) atoms. The predicted octanol–water partition coefficient (Wildman–Crippen LogP) is 0.961. The molecule has 1 aromatic heterocycles. The lowest BCUT2D eigenvalue weighted by molar-refractivity contribution is -0.136. The number of aliphatic carboxylic acids is 1. The lowest BCUT2D eigenvalue weighted by Gasteiger charge is -2.27. The third kappa shape index (κ3) is 3.35. The number of nitrogens with zero attached hydrogens (tertiary/aromatic N) is 2. The minimum Gasteiger partial charge on any atom is -0.481 e. The predicted molar refractivity (Wildman–Crippen MR) is 84.2 cm³/mol. The zero-order valence-electron chi connectivity index (χ0n) is 12.5. The molecule has 0 saturated carbocycles. The molecule has 0 aliphatic rings. The summed E-state index contributed by atoms with van der Waals surface area (Å²) < 4.78 is 0. The number of carbonyl (C=O) groups is 1. The standard InChI is InChI=1S/C16H20N2O4/c1-11-13(10-15(21)22)16(18(6-8-19)7-9-20)12-4-2-3-5-14(12)17-11/h2-5,19-20H,6-10H2,1H3,(H,21,22). The summed E-state index contributed by atoms with van der Waals surface area (Å²) in [4.78, 5) is 17.5. The van der Waals surface area contributed by atoms with Gasteiger partial charge in [-0.3, -0.25) is 9.78 Å². The summed E-state index contributed by atoms with van der Waals surface area (Å²) in [6.45, 7) is 2.26. The average molecular weight is 304 g/mol. The van der Waals surface area contributed by atoms with E-state index in [1.807, 2.05) is 29.2 Å². The third-order valence-electron chi connectivity index (χ3n) is 3.55. The van der Waals surface area contributed by atoms with Gasteiger partial charge < -0.3 is 20.2 Å². The highest BCUT2D eigenvalue weighted by Crippen LogP contribution is 2.32. The van der Waals surface area contributed by atoms with E-state index in [9.17, 15) is 20.1 Å². The molecule has 0 fully saturated rings. The van der Waals surface area contributed by atoms with Crippen molar-refractivity contribution in [3.8, 4) is 0 Å². The molecule has 6 heteroatoms. The first-order valence-corrected chi connectivity index (χ1v) is 7.15. The van der Waals surface area contributed by atoms with Crippen molar-refractivity contribution in [2.24, 2.45) is 0 Å². The van der Waals surface area contributed by atoms with Gasteiger partial charge in [0, 0.05) is 29.7 Å². The lowest BCUT2D eigenvalue weighted by atomic mass is 10.0. The Morgan fingerprint density at radius 1 is 1.18 bits per heavy atom. The Morgan fingerprint density at radius 3 is 2.41 bits per heavy atom. The van der Waals surface area contributed by atoms with Crippen molar-refractivity contribution >= 4 is 22.6 Å². The van der Waals surface area contributed by atoms with Crippen LogP contribution in [0.5, 0.6) is 0 Å². The van der Waals surface area contributed by atoms with Crippen molar-refractivity contribution in [2.45, 2.75) is 13.3 Å². The Labute approximate surface area is 128 Å². The maximum atomic E-state index is 11.2. The molecule has 2 rings (SSSR count). The highest BCUT2D eigenvalue weighted by atomic mass is 16.4. The number of fused-ring (bicyclic) bond motifs is 1. The molecule has 0 aliphatic heterocycles. The van der Waals surface area contributed by atoms with Gasteiger partial charge in [0.25, 0.3) is 0 Å². The molecule has 0 amide bonds. The van der Waals surface area contributed by atoms with Gasteiger partial charge in [-0.2, -0.15) is 0 Å². The number of aromatic nitrogens is 1. The highest BCUT2D eigenvalue weighted by molar-refractivity contribution is 5.95. The van der Waals surface area contributed by atoms with E-state index in [2.05, 4.69) is 4.98 Å². The number of hydrogen-bond acceptors (Lipinski definition) is 5. The quantitative estimate of drug-likeness (QED) is 0.705. The molecule has 1 heterocycles. The van der Waals surface area contributed by atoms with Crippen LogP contribution in [-0.2, 0) is 11.2 Å². The maximum absolute atomic E-state index is 11.2. The van der Waals surface area contributed by atoms with Crippen LogP contribution in [0, 0.1) is 6.92 Å². The molecule has 0 aliphatic carbocycles. The molecular formula is C16H20N2O4. The largest absolute Gasteiger partial charge is 0.481 e.